The lowest BCUT2D eigenvalue weighted by atomic mass is 9.92. The number of anilines is 1. The molecule has 0 saturated carbocycles. The van der Waals surface area contributed by atoms with E-state index in [0.717, 1.165) is 18.4 Å². The van der Waals surface area contributed by atoms with Gasteiger partial charge in [-0.1, -0.05) is 18.2 Å². The third-order valence-electron chi connectivity index (χ3n) is 4.50. The average Bonchev–Trinajstić information content (AvgIpc) is 2.68. The van der Waals surface area contributed by atoms with Crippen molar-refractivity contribution in [3.63, 3.8) is 0 Å². The van der Waals surface area contributed by atoms with Crippen molar-refractivity contribution >= 4 is 24.0 Å². The summed E-state index contributed by atoms with van der Waals surface area (Å²) in [4.78, 5) is 12.4. The molecule has 1 saturated heterocycles. The molecule has 1 heterocycles. The summed E-state index contributed by atoms with van der Waals surface area (Å²) < 4.78 is 23.9. The van der Waals surface area contributed by atoms with Crippen molar-refractivity contribution in [1.29, 1.82) is 0 Å². The summed E-state index contributed by atoms with van der Waals surface area (Å²) in [6.07, 6.45) is 1.60. The van der Waals surface area contributed by atoms with E-state index in [1.54, 1.807) is 36.4 Å². The summed E-state index contributed by atoms with van der Waals surface area (Å²) in [6, 6.07) is 12.7. The second-order valence-electron chi connectivity index (χ2n) is 6.41. The Morgan fingerprint density at radius 3 is 2.63 bits per heavy atom. The molecular formula is C20H24ClFN2O3. The van der Waals surface area contributed by atoms with Crippen LogP contribution >= 0.6 is 12.4 Å². The molecule has 3 N–H and O–H groups in total. The van der Waals surface area contributed by atoms with Crippen LogP contribution in [0.4, 0.5) is 10.1 Å². The van der Waals surface area contributed by atoms with E-state index in [1.807, 2.05) is 0 Å². The molecule has 0 spiro atoms. The first-order valence-corrected chi connectivity index (χ1v) is 8.73. The van der Waals surface area contributed by atoms with Gasteiger partial charge >= 0.3 is 0 Å². The van der Waals surface area contributed by atoms with E-state index in [1.165, 1.54) is 12.1 Å². The Hall–Kier alpha value is -2.15. The summed E-state index contributed by atoms with van der Waals surface area (Å²) in [5, 5.41) is 2.85. The molecule has 3 rings (SSSR count). The highest BCUT2D eigenvalue weighted by Gasteiger charge is 2.26. The van der Waals surface area contributed by atoms with Crippen LogP contribution in [0.2, 0.25) is 0 Å². The Kier molecular flexibility index (Phi) is 8.03. The van der Waals surface area contributed by atoms with Gasteiger partial charge in [0.25, 0.3) is 0 Å². The lowest BCUT2D eigenvalue weighted by Gasteiger charge is -2.26. The predicted octanol–water partition coefficient (Wildman–Crippen LogP) is 3.52. The summed E-state index contributed by atoms with van der Waals surface area (Å²) in [5.74, 6) is 0.278. The van der Waals surface area contributed by atoms with Crippen LogP contribution in [0.25, 0.3) is 0 Å². The Labute approximate surface area is 164 Å². The highest BCUT2D eigenvalue weighted by Crippen LogP contribution is 2.21. The van der Waals surface area contributed by atoms with Gasteiger partial charge in [-0.15, -0.1) is 12.4 Å². The first kappa shape index (κ1) is 21.2. The minimum Gasteiger partial charge on any atom is -0.489 e. The minimum atomic E-state index is -0.553. The van der Waals surface area contributed by atoms with Crippen molar-refractivity contribution in [3.05, 3.63) is 59.9 Å². The van der Waals surface area contributed by atoms with Crippen molar-refractivity contribution < 1.29 is 18.7 Å². The number of nitrogens with one attached hydrogen (secondary N) is 1. The molecule has 1 aliphatic heterocycles. The number of nitrogens with two attached hydrogens (primary N) is 1. The molecule has 146 valence electrons. The van der Waals surface area contributed by atoms with E-state index < -0.39 is 6.04 Å². The lowest BCUT2D eigenvalue weighted by Crippen LogP contribution is -2.43. The fraction of sp³-hybridized carbons (Fsp3) is 0.350. The second kappa shape index (κ2) is 10.3. The molecule has 1 aliphatic rings. The zero-order valence-electron chi connectivity index (χ0n) is 14.9. The van der Waals surface area contributed by atoms with E-state index in [0.29, 0.717) is 31.3 Å². The van der Waals surface area contributed by atoms with E-state index in [4.69, 9.17) is 15.2 Å². The highest BCUT2D eigenvalue weighted by atomic mass is 35.5. The first-order valence-electron chi connectivity index (χ1n) is 8.73. The van der Waals surface area contributed by atoms with Gasteiger partial charge in [0.05, 0.1) is 6.04 Å². The number of benzene rings is 2. The molecule has 1 atom stereocenters. The van der Waals surface area contributed by atoms with Crippen LogP contribution in [0.15, 0.2) is 48.5 Å². The summed E-state index contributed by atoms with van der Waals surface area (Å²) in [5.41, 5.74) is 7.59. The van der Waals surface area contributed by atoms with Crippen LogP contribution in [0.5, 0.6) is 5.75 Å². The molecular weight excluding hydrogens is 371 g/mol. The molecule has 2 aromatic rings. The van der Waals surface area contributed by atoms with Gasteiger partial charge in [-0.2, -0.15) is 0 Å². The van der Waals surface area contributed by atoms with Gasteiger partial charge in [-0.3, -0.25) is 4.79 Å². The third-order valence-corrected chi connectivity index (χ3v) is 4.50. The van der Waals surface area contributed by atoms with E-state index in [9.17, 15) is 9.18 Å². The minimum absolute atomic E-state index is 0. The van der Waals surface area contributed by atoms with Gasteiger partial charge in [-0.05, 0) is 48.6 Å². The van der Waals surface area contributed by atoms with Crippen LogP contribution in [0, 0.1) is 11.7 Å². The Balaban J connectivity index is 0.00000261. The average molecular weight is 395 g/mol. The smallest absolute Gasteiger partial charge is 0.241 e. The zero-order valence-corrected chi connectivity index (χ0v) is 15.7. The molecule has 1 unspecified atom stereocenters. The second-order valence-corrected chi connectivity index (χ2v) is 6.41. The molecule has 0 radical (unpaired) electrons. The van der Waals surface area contributed by atoms with Gasteiger partial charge < -0.3 is 20.5 Å². The predicted molar refractivity (Wildman–Crippen MR) is 105 cm³/mol. The molecule has 0 aliphatic carbocycles. The van der Waals surface area contributed by atoms with Crippen LogP contribution < -0.4 is 15.8 Å². The van der Waals surface area contributed by atoms with E-state index >= 15 is 0 Å². The summed E-state index contributed by atoms with van der Waals surface area (Å²) in [6.45, 7) is 1.62. The van der Waals surface area contributed by atoms with Crippen LogP contribution in [0.3, 0.4) is 0 Å². The monoisotopic (exact) mass is 394 g/mol. The van der Waals surface area contributed by atoms with Gasteiger partial charge in [0, 0.05) is 25.0 Å². The van der Waals surface area contributed by atoms with Crippen molar-refractivity contribution in [3.8, 4) is 5.75 Å². The van der Waals surface area contributed by atoms with Gasteiger partial charge in [0.15, 0.2) is 0 Å². The van der Waals surface area contributed by atoms with Gasteiger partial charge in [0.1, 0.15) is 18.2 Å². The third kappa shape index (κ3) is 6.20. The fourth-order valence-corrected chi connectivity index (χ4v) is 2.93. The molecule has 1 amide bonds. The number of hydrogen-bond donors (Lipinski definition) is 2. The van der Waals surface area contributed by atoms with Crippen LogP contribution in [0.1, 0.15) is 18.4 Å². The number of carbonyl (C=O) groups is 1. The maximum absolute atomic E-state index is 12.9. The molecule has 7 heteroatoms. The van der Waals surface area contributed by atoms with E-state index in [-0.39, 0.29) is 30.0 Å². The maximum Gasteiger partial charge on any atom is 0.241 e. The number of carbonyl (C=O) groups excluding carboxylic acids is 1. The molecule has 0 aromatic heterocycles. The van der Waals surface area contributed by atoms with Crippen LogP contribution in [-0.2, 0) is 16.1 Å². The number of halogens is 2. The molecule has 0 bridgehead atoms. The molecule has 2 aromatic carbocycles. The number of hydrogen-bond acceptors (Lipinski definition) is 4. The largest absolute Gasteiger partial charge is 0.489 e. The van der Waals surface area contributed by atoms with Crippen LogP contribution in [-0.4, -0.2) is 25.2 Å². The lowest BCUT2D eigenvalue weighted by molar-refractivity contribution is -0.119. The first-order chi connectivity index (χ1) is 12.6. The Bertz CT molecular complexity index is 736. The SMILES string of the molecule is Cl.NC(C(=O)Nc1cccc(OCc2ccc(F)cc2)c1)C1CCOCC1. The van der Waals surface area contributed by atoms with Gasteiger partial charge in [0.2, 0.25) is 5.91 Å². The quantitative estimate of drug-likeness (QED) is 0.786. The maximum atomic E-state index is 12.9. The normalized spacial score (nSPS) is 15.5. The Morgan fingerprint density at radius 1 is 1.22 bits per heavy atom. The zero-order chi connectivity index (χ0) is 18.4. The van der Waals surface area contributed by atoms with Gasteiger partial charge in [-0.25, -0.2) is 4.39 Å². The standard InChI is InChI=1S/C20H23FN2O3.ClH/c21-16-6-4-14(5-7-16)13-26-18-3-1-2-17(12-18)23-20(24)19(22)15-8-10-25-11-9-15;/h1-7,12,15,19H,8-11,13,22H2,(H,23,24);1H. The topological polar surface area (TPSA) is 73.6 Å². The summed E-state index contributed by atoms with van der Waals surface area (Å²) >= 11 is 0. The van der Waals surface area contributed by atoms with Crippen molar-refractivity contribution in [2.75, 3.05) is 18.5 Å². The van der Waals surface area contributed by atoms with Crippen molar-refractivity contribution in [2.24, 2.45) is 11.7 Å². The Morgan fingerprint density at radius 2 is 1.93 bits per heavy atom. The van der Waals surface area contributed by atoms with Crippen molar-refractivity contribution in [2.45, 2.75) is 25.5 Å². The molecule has 27 heavy (non-hydrogen) atoms. The number of ether oxygens (including phenoxy) is 2. The molecule has 5 nitrogen and oxygen atoms in total. The fourth-order valence-electron chi connectivity index (χ4n) is 2.93. The molecule has 1 fully saturated rings. The number of amides is 1. The number of rotatable bonds is 6. The van der Waals surface area contributed by atoms with Crippen molar-refractivity contribution in [1.82, 2.24) is 0 Å². The van der Waals surface area contributed by atoms with E-state index in [2.05, 4.69) is 5.32 Å². The highest BCUT2D eigenvalue weighted by molar-refractivity contribution is 5.95. The summed E-state index contributed by atoms with van der Waals surface area (Å²) in [7, 11) is 0.